The van der Waals surface area contributed by atoms with E-state index in [9.17, 15) is 4.79 Å². The van der Waals surface area contributed by atoms with Crippen molar-refractivity contribution in [3.63, 3.8) is 0 Å². The van der Waals surface area contributed by atoms with E-state index in [1.807, 2.05) is 80.6 Å². The first kappa shape index (κ1) is 19.2. The zero-order chi connectivity index (χ0) is 20.5. The van der Waals surface area contributed by atoms with Crippen molar-refractivity contribution in [2.45, 2.75) is 20.8 Å². The lowest BCUT2D eigenvalue weighted by molar-refractivity contribution is 0.102. The van der Waals surface area contributed by atoms with Crippen LogP contribution in [0.5, 0.6) is 0 Å². The fourth-order valence-corrected chi connectivity index (χ4v) is 3.52. The van der Waals surface area contributed by atoms with Crippen LogP contribution >= 0.6 is 11.6 Å². The zero-order valence-corrected chi connectivity index (χ0v) is 17.3. The Morgan fingerprint density at radius 3 is 2.38 bits per heavy atom. The minimum absolute atomic E-state index is 0.167. The lowest BCUT2D eigenvalue weighted by Gasteiger charge is -2.13. The number of aryl methyl sites for hydroxylation is 3. The second-order valence-electron chi connectivity index (χ2n) is 7.24. The van der Waals surface area contributed by atoms with E-state index >= 15 is 0 Å². The first-order chi connectivity index (χ1) is 13.9. The molecule has 0 saturated heterocycles. The van der Waals surface area contributed by atoms with E-state index in [1.54, 1.807) is 0 Å². The summed E-state index contributed by atoms with van der Waals surface area (Å²) in [7, 11) is 0. The fraction of sp³-hybridized carbons (Fsp3) is 0.120. The number of carbonyl (C=O) groups excluding carboxylic acids is 1. The van der Waals surface area contributed by atoms with Crippen LogP contribution in [0, 0.1) is 20.8 Å². The van der Waals surface area contributed by atoms with Gasteiger partial charge >= 0.3 is 0 Å². The van der Waals surface area contributed by atoms with Crippen molar-refractivity contribution in [3.8, 4) is 11.3 Å². The number of amides is 1. The van der Waals surface area contributed by atoms with Crippen LogP contribution in [0.3, 0.4) is 0 Å². The maximum atomic E-state index is 13.2. The van der Waals surface area contributed by atoms with E-state index < -0.39 is 0 Å². The van der Waals surface area contributed by atoms with Gasteiger partial charge in [0.05, 0.1) is 16.8 Å². The highest BCUT2D eigenvalue weighted by Gasteiger charge is 2.16. The lowest BCUT2D eigenvalue weighted by Crippen LogP contribution is -2.13. The van der Waals surface area contributed by atoms with Crippen molar-refractivity contribution in [1.29, 1.82) is 0 Å². The Bertz CT molecular complexity index is 1230. The summed E-state index contributed by atoms with van der Waals surface area (Å²) in [4.78, 5) is 18.0. The van der Waals surface area contributed by atoms with Gasteiger partial charge in [0.25, 0.3) is 5.91 Å². The second-order valence-corrected chi connectivity index (χ2v) is 7.65. The number of hydrogen-bond donors (Lipinski definition) is 1. The minimum Gasteiger partial charge on any atom is -0.322 e. The number of hydrogen-bond acceptors (Lipinski definition) is 2. The summed E-state index contributed by atoms with van der Waals surface area (Å²) in [5, 5.41) is 4.45. The largest absolute Gasteiger partial charge is 0.322 e. The molecule has 0 unspecified atom stereocenters. The molecule has 0 aliphatic heterocycles. The number of benzene rings is 3. The van der Waals surface area contributed by atoms with Crippen molar-refractivity contribution in [2.75, 3.05) is 5.32 Å². The summed E-state index contributed by atoms with van der Waals surface area (Å²) in [5.41, 5.74) is 6.97. The van der Waals surface area contributed by atoms with Gasteiger partial charge in [-0.15, -0.1) is 0 Å². The maximum Gasteiger partial charge on any atom is 0.256 e. The molecule has 0 bridgehead atoms. The number of aromatic nitrogens is 1. The Labute approximate surface area is 175 Å². The molecule has 0 saturated carbocycles. The molecule has 4 rings (SSSR count). The van der Waals surface area contributed by atoms with Crippen LogP contribution in [-0.2, 0) is 0 Å². The molecule has 3 aromatic carbocycles. The molecule has 0 radical (unpaired) electrons. The third-order valence-corrected chi connectivity index (χ3v) is 5.66. The molecule has 4 aromatic rings. The van der Waals surface area contributed by atoms with Gasteiger partial charge in [-0.25, -0.2) is 4.98 Å². The van der Waals surface area contributed by atoms with Crippen LogP contribution in [0.25, 0.3) is 22.2 Å². The summed E-state index contributed by atoms with van der Waals surface area (Å²) in [5.74, 6) is -0.167. The third-order valence-electron chi connectivity index (χ3n) is 5.25. The van der Waals surface area contributed by atoms with Gasteiger partial charge in [0.2, 0.25) is 0 Å². The van der Waals surface area contributed by atoms with E-state index in [0.29, 0.717) is 10.6 Å². The predicted octanol–water partition coefficient (Wildman–Crippen LogP) is 6.73. The molecule has 4 heteroatoms. The number of carbonyl (C=O) groups is 1. The maximum absolute atomic E-state index is 13.2. The molecule has 1 aromatic heterocycles. The van der Waals surface area contributed by atoms with E-state index in [0.717, 1.165) is 39.0 Å². The van der Waals surface area contributed by atoms with Crippen LogP contribution in [0.15, 0.2) is 66.7 Å². The van der Waals surface area contributed by atoms with E-state index in [1.165, 1.54) is 5.56 Å². The smallest absolute Gasteiger partial charge is 0.256 e. The van der Waals surface area contributed by atoms with Gasteiger partial charge in [-0.2, -0.15) is 0 Å². The molecular formula is C25H21ClN2O. The third kappa shape index (κ3) is 3.74. The summed E-state index contributed by atoms with van der Waals surface area (Å²) in [6, 6.07) is 21.3. The number of nitrogens with zero attached hydrogens (tertiary/aromatic N) is 1. The fourth-order valence-electron chi connectivity index (χ4n) is 3.37. The van der Waals surface area contributed by atoms with Crippen LogP contribution < -0.4 is 5.32 Å². The van der Waals surface area contributed by atoms with Gasteiger partial charge in [-0.05, 0) is 61.7 Å². The van der Waals surface area contributed by atoms with Gasteiger partial charge in [-0.3, -0.25) is 4.79 Å². The number of halogens is 1. The summed E-state index contributed by atoms with van der Waals surface area (Å²) < 4.78 is 0. The predicted molar refractivity (Wildman–Crippen MR) is 121 cm³/mol. The standard InChI is InChI=1S/C25H21ClN2O/c1-15-9-10-19(13-16(15)2)27-25(29)21-14-23(18-7-5-4-6-8-18)28-24-17(3)22(26)12-11-20(21)24/h4-14H,1-3H3,(H,27,29). The first-order valence-corrected chi connectivity index (χ1v) is 9.86. The van der Waals surface area contributed by atoms with E-state index in [-0.39, 0.29) is 5.91 Å². The van der Waals surface area contributed by atoms with Crippen molar-refractivity contribution in [2.24, 2.45) is 0 Å². The Balaban J connectivity index is 1.86. The Morgan fingerprint density at radius 2 is 1.66 bits per heavy atom. The highest BCUT2D eigenvalue weighted by atomic mass is 35.5. The average Bonchev–Trinajstić information content (AvgIpc) is 2.73. The first-order valence-electron chi connectivity index (χ1n) is 9.48. The topological polar surface area (TPSA) is 42.0 Å². The van der Waals surface area contributed by atoms with Crippen LogP contribution in [0.4, 0.5) is 5.69 Å². The van der Waals surface area contributed by atoms with Crippen molar-refractivity contribution >= 4 is 34.1 Å². The highest BCUT2D eigenvalue weighted by Crippen LogP contribution is 2.30. The molecule has 0 aliphatic carbocycles. The van der Waals surface area contributed by atoms with E-state index in [2.05, 4.69) is 12.2 Å². The van der Waals surface area contributed by atoms with Gasteiger partial charge in [0.15, 0.2) is 0 Å². The Kier molecular flexibility index (Phi) is 5.08. The molecule has 0 fully saturated rings. The van der Waals surface area contributed by atoms with Gasteiger partial charge in [0.1, 0.15) is 0 Å². The molecule has 1 N–H and O–H groups in total. The van der Waals surface area contributed by atoms with Gasteiger partial charge in [-0.1, -0.05) is 54.1 Å². The quantitative estimate of drug-likeness (QED) is 0.414. The highest BCUT2D eigenvalue weighted by molar-refractivity contribution is 6.32. The molecule has 29 heavy (non-hydrogen) atoms. The molecule has 0 spiro atoms. The van der Waals surface area contributed by atoms with Crippen molar-refractivity contribution in [3.05, 3.63) is 94.0 Å². The molecular weight excluding hydrogens is 380 g/mol. The SMILES string of the molecule is Cc1ccc(NC(=O)c2cc(-c3ccccc3)nc3c(C)c(Cl)ccc23)cc1C. The molecule has 144 valence electrons. The second kappa shape index (κ2) is 7.69. The van der Waals surface area contributed by atoms with Crippen LogP contribution in [0.2, 0.25) is 5.02 Å². The Morgan fingerprint density at radius 1 is 0.897 bits per heavy atom. The molecule has 0 aliphatic rings. The van der Waals surface area contributed by atoms with Gasteiger partial charge in [0, 0.05) is 21.7 Å². The number of nitrogens with one attached hydrogen (secondary N) is 1. The summed E-state index contributed by atoms with van der Waals surface area (Å²) in [6.07, 6.45) is 0. The molecule has 1 amide bonds. The summed E-state index contributed by atoms with van der Waals surface area (Å²) in [6.45, 7) is 6.01. The zero-order valence-electron chi connectivity index (χ0n) is 16.6. The van der Waals surface area contributed by atoms with Crippen molar-refractivity contribution < 1.29 is 4.79 Å². The number of pyridine rings is 1. The normalized spacial score (nSPS) is 10.9. The van der Waals surface area contributed by atoms with Gasteiger partial charge < -0.3 is 5.32 Å². The molecule has 3 nitrogen and oxygen atoms in total. The number of anilines is 1. The molecule has 0 atom stereocenters. The minimum atomic E-state index is -0.167. The van der Waals surface area contributed by atoms with Crippen LogP contribution in [0.1, 0.15) is 27.0 Å². The Hall–Kier alpha value is -3.17. The van der Waals surface area contributed by atoms with E-state index in [4.69, 9.17) is 16.6 Å². The monoisotopic (exact) mass is 400 g/mol. The average molecular weight is 401 g/mol. The number of fused-ring (bicyclic) bond motifs is 1. The molecule has 1 heterocycles. The summed E-state index contributed by atoms with van der Waals surface area (Å²) >= 11 is 6.34. The van der Waals surface area contributed by atoms with Crippen molar-refractivity contribution in [1.82, 2.24) is 4.98 Å². The lowest BCUT2D eigenvalue weighted by atomic mass is 10.0. The number of rotatable bonds is 3. The van der Waals surface area contributed by atoms with Crippen LogP contribution in [-0.4, -0.2) is 10.9 Å².